The van der Waals surface area contributed by atoms with E-state index in [0.29, 0.717) is 5.54 Å². The van der Waals surface area contributed by atoms with Gasteiger partial charge in [0, 0.05) is 42.7 Å². The second-order valence-electron chi connectivity index (χ2n) is 5.37. The number of rotatable bonds is 6. The Kier molecular flexibility index (Phi) is 6.16. The molecule has 1 atom stereocenters. The highest BCUT2D eigenvalue weighted by molar-refractivity contribution is 8.00. The first-order chi connectivity index (χ1) is 7.57. The third-order valence-corrected chi connectivity index (χ3v) is 4.97. The van der Waals surface area contributed by atoms with E-state index in [4.69, 9.17) is 0 Å². The highest BCUT2D eigenvalue weighted by atomic mass is 32.2. The van der Waals surface area contributed by atoms with Crippen molar-refractivity contribution in [3.8, 4) is 0 Å². The van der Waals surface area contributed by atoms with Gasteiger partial charge in [-0.1, -0.05) is 13.8 Å². The van der Waals surface area contributed by atoms with Crippen molar-refractivity contribution < 1.29 is 0 Å². The van der Waals surface area contributed by atoms with E-state index in [9.17, 15) is 0 Å². The lowest BCUT2D eigenvalue weighted by Crippen LogP contribution is -2.46. The van der Waals surface area contributed by atoms with Crippen LogP contribution in [0.15, 0.2) is 0 Å². The van der Waals surface area contributed by atoms with Gasteiger partial charge in [-0.25, -0.2) is 0 Å². The van der Waals surface area contributed by atoms with Crippen molar-refractivity contribution in [2.24, 2.45) is 0 Å². The van der Waals surface area contributed by atoms with Gasteiger partial charge in [0.15, 0.2) is 0 Å². The predicted octanol–water partition coefficient (Wildman–Crippen LogP) is 2.59. The van der Waals surface area contributed by atoms with Gasteiger partial charge >= 0.3 is 0 Å². The molecule has 2 nitrogen and oxygen atoms in total. The van der Waals surface area contributed by atoms with E-state index in [1.165, 1.54) is 38.2 Å². The zero-order valence-corrected chi connectivity index (χ0v) is 12.2. The molecule has 1 saturated heterocycles. The summed E-state index contributed by atoms with van der Waals surface area (Å²) in [5, 5.41) is 4.51. The van der Waals surface area contributed by atoms with Gasteiger partial charge in [-0.05, 0) is 26.7 Å². The molecule has 0 aromatic rings. The van der Waals surface area contributed by atoms with Crippen molar-refractivity contribution in [3.63, 3.8) is 0 Å². The molecular formula is C13H28N2S. The molecule has 0 aromatic heterocycles. The maximum atomic E-state index is 3.64. The average Bonchev–Trinajstić information content (AvgIpc) is 2.29. The molecule has 1 fully saturated rings. The van der Waals surface area contributed by atoms with Crippen molar-refractivity contribution >= 4 is 11.8 Å². The molecule has 1 heterocycles. The standard InChI is InChI=1S/C13H28N2S/c1-5-12-11-15(9-10-16-12)8-7-14-13(3,4)6-2/h12,14H,5-11H2,1-4H3. The lowest BCUT2D eigenvalue weighted by molar-refractivity contribution is 0.262. The molecule has 3 heteroatoms. The second kappa shape index (κ2) is 6.87. The van der Waals surface area contributed by atoms with Crippen LogP contribution in [-0.4, -0.2) is 47.6 Å². The quantitative estimate of drug-likeness (QED) is 0.773. The number of nitrogens with zero attached hydrogens (tertiary/aromatic N) is 1. The first-order valence-corrected chi connectivity index (χ1v) is 7.71. The molecule has 0 aromatic carbocycles. The van der Waals surface area contributed by atoms with E-state index in [2.05, 4.69) is 49.7 Å². The van der Waals surface area contributed by atoms with Gasteiger partial charge in [-0.3, -0.25) is 0 Å². The molecule has 1 aliphatic rings. The van der Waals surface area contributed by atoms with E-state index >= 15 is 0 Å². The third kappa shape index (κ3) is 5.07. The molecule has 1 N–H and O–H groups in total. The summed E-state index contributed by atoms with van der Waals surface area (Å²) in [5.74, 6) is 1.32. The van der Waals surface area contributed by atoms with Gasteiger partial charge in [-0.15, -0.1) is 0 Å². The summed E-state index contributed by atoms with van der Waals surface area (Å²) < 4.78 is 0. The Labute approximate surface area is 106 Å². The van der Waals surface area contributed by atoms with E-state index < -0.39 is 0 Å². The number of nitrogens with one attached hydrogen (secondary N) is 1. The molecule has 0 radical (unpaired) electrons. The van der Waals surface area contributed by atoms with E-state index in [0.717, 1.165) is 11.8 Å². The van der Waals surface area contributed by atoms with Crippen LogP contribution < -0.4 is 5.32 Å². The van der Waals surface area contributed by atoms with Crippen LogP contribution in [0, 0.1) is 0 Å². The summed E-state index contributed by atoms with van der Waals surface area (Å²) in [6.45, 7) is 14.0. The van der Waals surface area contributed by atoms with Gasteiger partial charge in [0.2, 0.25) is 0 Å². The van der Waals surface area contributed by atoms with Crippen LogP contribution in [-0.2, 0) is 0 Å². The average molecular weight is 244 g/mol. The van der Waals surface area contributed by atoms with Crippen molar-refractivity contribution in [1.29, 1.82) is 0 Å². The monoisotopic (exact) mass is 244 g/mol. The summed E-state index contributed by atoms with van der Waals surface area (Å²) in [6, 6.07) is 0. The van der Waals surface area contributed by atoms with E-state index in [1.807, 2.05) is 0 Å². The molecule has 0 spiro atoms. The Morgan fingerprint density at radius 3 is 2.75 bits per heavy atom. The first-order valence-electron chi connectivity index (χ1n) is 6.66. The van der Waals surface area contributed by atoms with Gasteiger partial charge < -0.3 is 10.2 Å². The predicted molar refractivity (Wildman–Crippen MR) is 75.3 cm³/mol. The minimum absolute atomic E-state index is 0.300. The van der Waals surface area contributed by atoms with Crippen molar-refractivity contribution in [3.05, 3.63) is 0 Å². The largest absolute Gasteiger partial charge is 0.311 e. The topological polar surface area (TPSA) is 15.3 Å². The van der Waals surface area contributed by atoms with Crippen LogP contribution in [0.4, 0.5) is 0 Å². The minimum atomic E-state index is 0.300. The lowest BCUT2D eigenvalue weighted by atomic mass is 10.0. The van der Waals surface area contributed by atoms with Crippen LogP contribution >= 0.6 is 11.8 Å². The molecule has 16 heavy (non-hydrogen) atoms. The molecule has 1 unspecified atom stereocenters. The maximum Gasteiger partial charge on any atom is 0.0172 e. The summed E-state index contributed by atoms with van der Waals surface area (Å²) in [6.07, 6.45) is 2.51. The van der Waals surface area contributed by atoms with Crippen LogP contribution in [0.25, 0.3) is 0 Å². The lowest BCUT2D eigenvalue weighted by Gasteiger charge is -2.33. The zero-order valence-electron chi connectivity index (χ0n) is 11.4. The van der Waals surface area contributed by atoms with Crippen LogP contribution in [0.5, 0.6) is 0 Å². The van der Waals surface area contributed by atoms with Crippen LogP contribution in [0.2, 0.25) is 0 Å². The molecule has 0 aliphatic carbocycles. The molecular weight excluding hydrogens is 216 g/mol. The van der Waals surface area contributed by atoms with E-state index in [1.54, 1.807) is 0 Å². The minimum Gasteiger partial charge on any atom is -0.311 e. The second-order valence-corrected chi connectivity index (χ2v) is 6.77. The third-order valence-electron chi connectivity index (χ3n) is 3.59. The maximum absolute atomic E-state index is 3.64. The normalized spacial score (nSPS) is 23.6. The molecule has 1 aliphatic heterocycles. The van der Waals surface area contributed by atoms with Crippen molar-refractivity contribution in [2.75, 3.05) is 31.9 Å². The van der Waals surface area contributed by atoms with Crippen molar-refractivity contribution in [1.82, 2.24) is 10.2 Å². The Hall–Kier alpha value is 0.270. The number of hydrogen-bond donors (Lipinski definition) is 1. The fourth-order valence-corrected chi connectivity index (χ4v) is 3.16. The highest BCUT2D eigenvalue weighted by Crippen LogP contribution is 2.20. The van der Waals surface area contributed by atoms with Gasteiger partial charge in [0.25, 0.3) is 0 Å². The molecule has 96 valence electrons. The Balaban J connectivity index is 2.17. The SMILES string of the molecule is CCC1CN(CCNC(C)(C)CC)CCS1. The summed E-state index contributed by atoms with van der Waals surface area (Å²) >= 11 is 2.15. The molecule has 0 amide bonds. The molecule has 0 bridgehead atoms. The summed E-state index contributed by atoms with van der Waals surface area (Å²) in [5.41, 5.74) is 0.300. The Bertz CT molecular complexity index is 194. The zero-order chi connectivity index (χ0) is 12.0. The van der Waals surface area contributed by atoms with E-state index in [-0.39, 0.29) is 0 Å². The van der Waals surface area contributed by atoms with Crippen molar-refractivity contribution in [2.45, 2.75) is 51.3 Å². The smallest absolute Gasteiger partial charge is 0.0172 e. The molecule has 1 rings (SSSR count). The Morgan fingerprint density at radius 1 is 1.38 bits per heavy atom. The van der Waals surface area contributed by atoms with Crippen LogP contribution in [0.1, 0.15) is 40.5 Å². The molecule has 0 saturated carbocycles. The first kappa shape index (κ1) is 14.3. The summed E-state index contributed by atoms with van der Waals surface area (Å²) in [7, 11) is 0. The van der Waals surface area contributed by atoms with Gasteiger partial charge in [0.1, 0.15) is 0 Å². The van der Waals surface area contributed by atoms with Gasteiger partial charge in [0.05, 0.1) is 0 Å². The van der Waals surface area contributed by atoms with Gasteiger partial charge in [-0.2, -0.15) is 11.8 Å². The number of hydrogen-bond acceptors (Lipinski definition) is 3. The number of thioether (sulfide) groups is 1. The fourth-order valence-electron chi connectivity index (χ4n) is 1.91. The summed E-state index contributed by atoms with van der Waals surface area (Å²) in [4.78, 5) is 2.61. The highest BCUT2D eigenvalue weighted by Gasteiger charge is 2.19. The Morgan fingerprint density at radius 2 is 2.12 bits per heavy atom. The fraction of sp³-hybridized carbons (Fsp3) is 1.00. The van der Waals surface area contributed by atoms with Crippen LogP contribution in [0.3, 0.4) is 0 Å².